The fraction of sp³-hybridized carbons (Fsp3) is 0.562. The van der Waals surface area contributed by atoms with Crippen molar-refractivity contribution in [3.63, 3.8) is 0 Å². The Morgan fingerprint density at radius 1 is 1.30 bits per heavy atom. The summed E-state index contributed by atoms with van der Waals surface area (Å²) in [5.74, 6) is 1.45. The third-order valence-corrected chi connectivity index (χ3v) is 4.23. The van der Waals surface area contributed by atoms with E-state index in [-0.39, 0.29) is 5.91 Å². The maximum absolute atomic E-state index is 11.6. The zero-order valence-corrected chi connectivity index (χ0v) is 11.9. The van der Waals surface area contributed by atoms with Gasteiger partial charge in [0.1, 0.15) is 5.75 Å². The van der Waals surface area contributed by atoms with Crippen LogP contribution in [0.4, 0.5) is 11.4 Å². The molecule has 1 heterocycles. The van der Waals surface area contributed by atoms with Crippen LogP contribution in [-0.4, -0.2) is 18.6 Å². The molecule has 1 aliphatic carbocycles. The van der Waals surface area contributed by atoms with Crippen molar-refractivity contribution in [2.24, 2.45) is 5.92 Å². The van der Waals surface area contributed by atoms with E-state index in [1.807, 2.05) is 18.2 Å². The largest absolute Gasteiger partial charge is 0.479 e. The van der Waals surface area contributed by atoms with Crippen LogP contribution in [0.2, 0.25) is 0 Å². The highest BCUT2D eigenvalue weighted by Gasteiger charge is 2.23. The lowest BCUT2D eigenvalue weighted by Gasteiger charge is -2.25. The first kappa shape index (κ1) is 13.3. The first-order chi connectivity index (χ1) is 9.72. The van der Waals surface area contributed by atoms with Crippen LogP contribution in [0.1, 0.15) is 39.0 Å². The van der Waals surface area contributed by atoms with Gasteiger partial charge in [-0.05, 0) is 43.9 Å². The zero-order valence-electron chi connectivity index (χ0n) is 11.9. The molecule has 0 spiro atoms. The van der Waals surface area contributed by atoms with Crippen LogP contribution in [0.5, 0.6) is 5.75 Å². The number of anilines is 2. The fourth-order valence-electron chi connectivity index (χ4n) is 2.97. The van der Waals surface area contributed by atoms with Crippen molar-refractivity contribution < 1.29 is 9.53 Å². The molecule has 1 aliphatic heterocycles. The lowest BCUT2D eigenvalue weighted by atomic mass is 9.89. The van der Waals surface area contributed by atoms with Crippen LogP contribution in [-0.2, 0) is 4.79 Å². The molecular formula is C16H22N2O2. The molecule has 1 atom stereocenters. The predicted molar refractivity (Wildman–Crippen MR) is 80.2 cm³/mol. The Hall–Kier alpha value is -1.71. The molecule has 1 aromatic rings. The average molecular weight is 274 g/mol. The minimum absolute atomic E-state index is 0.0815. The van der Waals surface area contributed by atoms with Crippen molar-refractivity contribution in [1.82, 2.24) is 0 Å². The standard InChI is InChI=1S/C16H22N2O2/c1-11-16(19)18-14-9-13(7-8-15(14)20-11)17-10-12-5-3-2-4-6-12/h7-9,11-12,17H,2-6,10H2,1H3,(H,18,19). The van der Waals surface area contributed by atoms with Crippen molar-refractivity contribution in [3.8, 4) is 5.75 Å². The van der Waals surface area contributed by atoms with Gasteiger partial charge in [0.2, 0.25) is 0 Å². The summed E-state index contributed by atoms with van der Waals surface area (Å²) in [6.07, 6.45) is 6.35. The van der Waals surface area contributed by atoms with Crippen molar-refractivity contribution in [1.29, 1.82) is 0 Å². The maximum atomic E-state index is 11.6. The summed E-state index contributed by atoms with van der Waals surface area (Å²) in [7, 11) is 0. The lowest BCUT2D eigenvalue weighted by molar-refractivity contribution is -0.122. The summed E-state index contributed by atoms with van der Waals surface area (Å²) in [6, 6.07) is 5.91. The third kappa shape index (κ3) is 2.89. The number of carbonyl (C=O) groups is 1. The lowest BCUT2D eigenvalue weighted by Crippen LogP contribution is -2.34. The van der Waals surface area contributed by atoms with Crippen molar-refractivity contribution in [2.45, 2.75) is 45.1 Å². The van der Waals surface area contributed by atoms with Gasteiger partial charge in [0.05, 0.1) is 5.69 Å². The van der Waals surface area contributed by atoms with Crippen LogP contribution in [0, 0.1) is 5.92 Å². The molecule has 0 radical (unpaired) electrons. The second-order valence-corrected chi connectivity index (χ2v) is 5.85. The van der Waals surface area contributed by atoms with Gasteiger partial charge in [-0.3, -0.25) is 4.79 Å². The average Bonchev–Trinajstić information content (AvgIpc) is 2.47. The minimum Gasteiger partial charge on any atom is -0.479 e. The van der Waals surface area contributed by atoms with Gasteiger partial charge in [0.15, 0.2) is 6.10 Å². The highest BCUT2D eigenvalue weighted by atomic mass is 16.5. The van der Waals surface area contributed by atoms with Gasteiger partial charge in [0, 0.05) is 12.2 Å². The van der Waals surface area contributed by atoms with Crippen LogP contribution in [0.25, 0.3) is 0 Å². The first-order valence-corrected chi connectivity index (χ1v) is 7.58. The number of amides is 1. The van der Waals surface area contributed by atoms with E-state index in [0.717, 1.165) is 29.6 Å². The van der Waals surface area contributed by atoms with Crippen molar-refractivity contribution in [2.75, 3.05) is 17.2 Å². The Bertz CT molecular complexity index is 495. The number of fused-ring (bicyclic) bond motifs is 1. The molecule has 20 heavy (non-hydrogen) atoms. The summed E-state index contributed by atoms with van der Waals surface area (Å²) in [6.45, 7) is 2.78. The van der Waals surface area contributed by atoms with E-state index < -0.39 is 6.10 Å². The highest BCUT2D eigenvalue weighted by Crippen LogP contribution is 2.32. The maximum Gasteiger partial charge on any atom is 0.265 e. The number of rotatable bonds is 3. The van der Waals surface area contributed by atoms with E-state index in [1.165, 1.54) is 32.1 Å². The van der Waals surface area contributed by atoms with E-state index >= 15 is 0 Å². The van der Waals surface area contributed by atoms with Crippen LogP contribution < -0.4 is 15.4 Å². The summed E-state index contributed by atoms with van der Waals surface area (Å²) < 4.78 is 5.55. The summed E-state index contributed by atoms with van der Waals surface area (Å²) in [5, 5.41) is 6.37. The third-order valence-electron chi connectivity index (χ3n) is 4.23. The number of nitrogens with one attached hydrogen (secondary N) is 2. The molecule has 1 aromatic carbocycles. The molecule has 0 saturated heterocycles. The molecule has 2 N–H and O–H groups in total. The molecular weight excluding hydrogens is 252 g/mol. The van der Waals surface area contributed by atoms with Gasteiger partial charge in [-0.2, -0.15) is 0 Å². The summed E-state index contributed by atoms with van der Waals surface area (Å²) in [4.78, 5) is 11.6. The number of carbonyl (C=O) groups excluding carboxylic acids is 1. The van der Waals surface area contributed by atoms with Crippen LogP contribution >= 0.6 is 0 Å². The molecule has 108 valence electrons. The Kier molecular flexibility index (Phi) is 3.81. The van der Waals surface area contributed by atoms with Gasteiger partial charge in [-0.1, -0.05) is 19.3 Å². The molecule has 0 aromatic heterocycles. The minimum atomic E-state index is -0.413. The van der Waals surface area contributed by atoms with E-state index in [4.69, 9.17) is 4.74 Å². The second-order valence-electron chi connectivity index (χ2n) is 5.85. The SMILES string of the molecule is CC1Oc2ccc(NCC3CCCCC3)cc2NC1=O. The smallest absolute Gasteiger partial charge is 0.265 e. The van der Waals surface area contributed by atoms with E-state index in [1.54, 1.807) is 6.92 Å². The monoisotopic (exact) mass is 274 g/mol. The molecule has 4 nitrogen and oxygen atoms in total. The molecule has 0 bridgehead atoms. The first-order valence-electron chi connectivity index (χ1n) is 7.58. The zero-order chi connectivity index (χ0) is 13.9. The Morgan fingerprint density at radius 2 is 2.10 bits per heavy atom. The molecule has 3 rings (SSSR count). The number of hydrogen-bond acceptors (Lipinski definition) is 3. The molecule has 1 amide bonds. The molecule has 1 saturated carbocycles. The van der Waals surface area contributed by atoms with Crippen LogP contribution in [0.15, 0.2) is 18.2 Å². The van der Waals surface area contributed by atoms with Crippen molar-refractivity contribution in [3.05, 3.63) is 18.2 Å². The Labute approximate surface area is 119 Å². The normalized spacial score (nSPS) is 22.6. The molecule has 4 heteroatoms. The summed E-state index contributed by atoms with van der Waals surface area (Å²) in [5.41, 5.74) is 1.81. The summed E-state index contributed by atoms with van der Waals surface area (Å²) >= 11 is 0. The number of ether oxygens (including phenoxy) is 1. The van der Waals surface area contributed by atoms with Gasteiger partial charge in [-0.25, -0.2) is 0 Å². The van der Waals surface area contributed by atoms with E-state index in [2.05, 4.69) is 10.6 Å². The topological polar surface area (TPSA) is 50.4 Å². The molecule has 2 aliphatic rings. The Morgan fingerprint density at radius 3 is 2.90 bits per heavy atom. The van der Waals surface area contributed by atoms with Gasteiger partial charge >= 0.3 is 0 Å². The number of benzene rings is 1. The van der Waals surface area contributed by atoms with Gasteiger partial charge < -0.3 is 15.4 Å². The van der Waals surface area contributed by atoms with E-state index in [0.29, 0.717) is 0 Å². The Balaban J connectivity index is 1.63. The second kappa shape index (κ2) is 5.73. The quantitative estimate of drug-likeness (QED) is 0.888. The highest BCUT2D eigenvalue weighted by molar-refractivity contribution is 5.98. The van der Waals surface area contributed by atoms with Crippen molar-refractivity contribution >= 4 is 17.3 Å². The van der Waals surface area contributed by atoms with Gasteiger partial charge in [0.25, 0.3) is 5.91 Å². The molecule has 1 fully saturated rings. The molecule has 1 unspecified atom stereocenters. The fourth-order valence-corrected chi connectivity index (χ4v) is 2.97. The van der Waals surface area contributed by atoms with E-state index in [9.17, 15) is 4.79 Å². The van der Waals surface area contributed by atoms with Gasteiger partial charge in [-0.15, -0.1) is 0 Å². The number of hydrogen-bond donors (Lipinski definition) is 2. The predicted octanol–water partition coefficient (Wildman–Crippen LogP) is 3.40. The van der Waals surface area contributed by atoms with Crippen LogP contribution in [0.3, 0.4) is 0 Å².